The maximum atomic E-state index is 5.49. The smallest absolute Gasteiger partial charge is 0.160 e. The number of pyridine rings is 1. The summed E-state index contributed by atoms with van der Waals surface area (Å²) in [6, 6.07) is 68.1. The van der Waals surface area contributed by atoms with Crippen molar-refractivity contribution in [1.82, 2.24) is 19.5 Å². The van der Waals surface area contributed by atoms with Gasteiger partial charge in [-0.2, -0.15) is 0 Å². The number of nitrogens with zero attached hydrogens (tertiary/aromatic N) is 4. The zero-order valence-electron chi connectivity index (χ0n) is 32.8. The van der Waals surface area contributed by atoms with E-state index in [2.05, 4.69) is 211 Å². The fraction of sp³-hybridized carbons (Fsp3) is 0.0179. The molecule has 0 unspecified atom stereocenters. The minimum Gasteiger partial charge on any atom is -0.311 e. The van der Waals surface area contributed by atoms with Crippen LogP contribution in [-0.4, -0.2) is 19.5 Å². The van der Waals surface area contributed by atoms with Crippen molar-refractivity contribution in [2.45, 2.75) is 6.42 Å². The number of aromatic nitrogens is 4. The molecule has 1 aliphatic rings. The lowest BCUT2D eigenvalue weighted by Crippen LogP contribution is -2.02. The number of allylic oxidation sites excluding steroid dienone is 3. The lowest BCUT2D eigenvalue weighted by molar-refractivity contribution is 1.00. The SMILES string of the molecule is C1=CCc2c(c3c4ccccc4nc(-c4ccccc4-c4ccc(-c5nc(-c6ccccc6)cc(-c6ccc(-c7ccccc7)cc6)n5)cc4)c3n2-c2ccccc2)C=C1. The molecule has 7 aromatic carbocycles. The van der Waals surface area contributed by atoms with Crippen LogP contribution in [-0.2, 0) is 6.42 Å². The van der Waals surface area contributed by atoms with E-state index in [1.165, 1.54) is 27.8 Å². The van der Waals surface area contributed by atoms with E-state index < -0.39 is 0 Å². The first-order valence-corrected chi connectivity index (χ1v) is 20.4. The van der Waals surface area contributed by atoms with Crippen molar-refractivity contribution in [3.05, 3.63) is 224 Å². The van der Waals surface area contributed by atoms with Gasteiger partial charge < -0.3 is 4.57 Å². The van der Waals surface area contributed by atoms with Crippen LogP contribution in [0.15, 0.2) is 212 Å². The number of para-hydroxylation sites is 2. The van der Waals surface area contributed by atoms with Crippen LogP contribution in [0.5, 0.6) is 0 Å². The summed E-state index contributed by atoms with van der Waals surface area (Å²) >= 11 is 0. The van der Waals surface area contributed by atoms with E-state index >= 15 is 0 Å². The van der Waals surface area contributed by atoms with E-state index in [1.54, 1.807) is 0 Å². The van der Waals surface area contributed by atoms with Gasteiger partial charge >= 0.3 is 0 Å². The quantitative estimate of drug-likeness (QED) is 0.162. The first-order chi connectivity index (χ1) is 29.8. The van der Waals surface area contributed by atoms with Crippen molar-refractivity contribution in [1.29, 1.82) is 0 Å². The third-order valence-corrected chi connectivity index (χ3v) is 11.5. The largest absolute Gasteiger partial charge is 0.311 e. The van der Waals surface area contributed by atoms with Gasteiger partial charge in [0.1, 0.15) is 0 Å². The van der Waals surface area contributed by atoms with Crippen molar-refractivity contribution in [3.63, 3.8) is 0 Å². The average Bonchev–Trinajstić information content (AvgIpc) is 3.46. The molecule has 4 heteroatoms. The molecule has 0 saturated carbocycles. The highest BCUT2D eigenvalue weighted by atomic mass is 15.0. The summed E-state index contributed by atoms with van der Waals surface area (Å²) in [4.78, 5) is 15.8. The van der Waals surface area contributed by atoms with Crippen LogP contribution in [0.2, 0.25) is 0 Å². The first-order valence-electron chi connectivity index (χ1n) is 20.4. The molecule has 0 spiro atoms. The number of hydrogen-bond acceptors (Lipinski definition) is 3. The monoisotopic (exact) mass is 766 g/mol. The second-order valence-corrected chi connectivity index (χ2v) is 15.1. The summed E-state index contributed by atoms with van der Waals surface area (Å²) < 4.78 is 2.43. The summed E-state index contributed by atoms with van der Waals surface area (Å²) in [7, 11) is 0. The number of benzene rings is 7. The Hall–Kier alpha value is -7.95. The Morgan fingerprint density at radius 1 is 0.433 bits per heavy atom. The van der Waals surface area contributed by atoms with E-state index in [0.29, 0.717) is 5.82 Å². The van der Waals surface area contributed by atoms with Crippen molar-refractivity contribution in [2.24, 2.45) is 0 Å². The maximum Gasteiger partial charge on any atom is 0.160 e. The molecule has 282 valence electrons. The van der Waals surface area contributed by atoms with E-state index in [1.807, 2.05) is 12.1 Å². The normalized spacial score (nSPS) is 12.1. The minimum absolute atomic E-state index is 0.681. The number of rotatable bonds is 7. The van der Waals surface area contributed by atoms with Gasteiger partial charge in [0, 0.05) is 56.4 Å². The van der Waals surface area contributed by atoms with Crippen LogP contribution in [0, 0.1) is 0 Å². The standard InChI is InChI=1S/C56H38N4/c1-5-17-38(18-6-1)39-29-33-42(34-30-39)51-37-50(41-19-7-2-8-20-41)58-56(59-51)43-35-31-40(32-36-43)45-23-13-14-24-46(45)54-55-53(47-25-15-16-27-49(47)57-54)48-26-11-4-12-28-52(48)60(55)44-21-9-3-10-22-44/h1-27,29-37H,28H2. The topological polar surface area (TPSA) is 43.6 Å². The Labute approximate surface area is 349 Å². The number of hydrogen-bond donors (Lipinski definition) is 0. The van der Waals surface area contributed by atoms with Crippen LogP contribution in [0.1, 0.15) is 11.3 Å². The molecular weight excluding hydrogens is 729 g/mol. The van der Waals surface area contributed by atoms with Crippen molar-refractivity contribution >= 4 is 27.9 Å². The van der Waals surface area contributed by atoms with Crippen LogP contribution in [0.3, 0.4) is 0 Å². The molecule has 1 aliphatic carbocycles. The lowest BCUT2D eigenvalue weighted by atomic mass is 9.94. The second kappa shape index (κ2) is 15.1. The molecule has 10 aromatic rings. The molecule has 11 rings (SSSR count). The van der Waals surface area contributed by atoms with Crippen molar-refractivity contribution in [3.8, 4) is 73.1 Å². The summed E-state index contributed by atoms with van der Waals surface area (Å²) in [5.41, 5.74) is 17.1. The molecule has 0 atom stereocenters. The molecule has 4 nitrogen and oxygen atoms in total. The molecule has 0 saturated heterocycles. The highest BCUT2D eigenvalue weighted by molar-refractivity contribution is 6.15. The summed E-state index contributed by atoms with van der Waals surface area (Å²) in [5.74, 6) is 0.681. The van der Waals surface area contributed by atoms with E-state index in [4.69, 9.17) is 15.0 Å². The minimum atomic E-state index is 0.681. The Morgan fingerprint density at radius 2 is 0.983 bits per heavy atom. The van der Waals surface area contributed by atoms with E-state index in [0.717, 1.165) is 79.0 Å². The summed E-state index contributed by atoms with van der Waals surface area (Å²) in [6.07, 6.45) is 9.64. The molecule has 0 radical (unpaired) electrons. The molecular formula is C56H38N4. The van der Waals surface area contributed by atoms with Crippen LogP contribution >= 0.6 is 0 Å². The fourth-order valence-corrected chi connectivity index (χ4v) is 8.62. The van der Waals surface area contributed by atoms with Gasteiger partial charge in [0.15, 0.2) is 5.82 Å². The summed E-state index contributed by atoms with van der Waals surface area (Å²) in [5, 5.41) is 2.38. The van der Waals surface area contributed by atoms with Crippen molar-refractivity contribution < 1.29 is 0 Å². The molecule has 0 fully saturated rings. The molecule has 0 bridgehead atoms. The van der Waals surface area contributed by atoms with Crippen LogP contribution in [0.4, 0.5) is 0 Å². The highest BCUT2D eigenvalue weighted by Gasteiger charge is 2.25. The summed E-state index contributed by atoms with van der Waals surface area (Å²) in [6.45, 7) is 0. The predicted octanol–water partition coefficient (Wildman–Crippen LogP) is 14.1. The second-order valence-electron chi connectivity index (χ2n) is 15.1. The van der Waals surface area contributed by atoms with Gasteiger partial charge in [-0.05, 0) is 46.5 Å². The lowest BCUT2D eigenvalue weighted by Gasteiger charge is -2.16. The molecule has 60 heavy (non-hydrogen) atoms. The van der Waals surface area contributed by atoms with Gasteiger partial charge in [-0.15, -0.1) is 0 Å². The predicted molar refractivity (Wildman–Crippen MR) is 249 cm³/mol. The third kappa shape index (κ3) is 6.32. The molecule has 0 amide bonds. The number of fused-ring (bicyclic) bond motifs is 5. The van der Waals surface area contributed by atoms with Gasteiger partial charge in [0.2, 0.25) is 0 Å². The third-order valence-electron chi connectivity index (χ3n) is 11.5. The Balaban J connectivity index is 1.04. The molecule has 3 aromatic heterocycles. The van der Waals surface area contributed by atoms with E-state index in [-0.39, 0.29) is 0 Å². The zero-order valence-corrected chi connectivity index (χ0v) is 32.8. The van der Waals surface area contributed by atoms with Gasteiger partial charge in [-0.25, -0.2) is 15.0 Å². The fourth-order valence-electron chi connectivity index (χ4n) is 8.62. The molecule has 0 aliphatic heterocycles. The Bertz CT molecular complexity index is 3240. The zero-order chi connectivity index (χ0) is 39.8. The highest BCUT2D eigenvalue weighted by Crippen LogP contribution is 2.43. The average molecular weight is 767 g/mol. The van der Waals surface area contributed by atoms with E-state index in [9.17, 15) is 0 Å². The van der Waals surface area contributed by atoms with Gasteiger partial charge in [0.25, 0.3) is 0 Å². The van der Waals surface area contributed by atoms with Crippen LogP contribution < -0.4 is 0 Å². The Morgan fingerprint density at radius 3 is 1.72 bits per heavy atom. The molecule has 3 heterocycles. The Kier molecular flexibility index (Phi) is 8.86. The van der Waals surface area contributed by atoms with Crippen LogP contribution in [0.25, 0.3) is 101 Å². The molecule has 0 N–H and O–H groups in total. The first kappa shape index (κ1) is 35.2. The van der Waals surface area contributed by atoms with Gasteiger partial charge in [0.05, 0.1) is 28.1 Å². The van der Waals surface area contributed by atoms with Crippen molar-refractivity contribution in [2.75, 3.05) is 0 Å². The maximum absolute atomic E-state index is 5.49. The van der Waals surface area contributed by atoms with Gasteiger partial charge in [-0.3, -0.25) is 0 Å². The van der Waals surface area contributed by atoms with Gasteiger partial charge in [-0.1, -0.05) is 194 Å².